The van der Waals surface area contributed by atoms with E-state index in [2.05, 4.69) is 23.9 Å². The first-order chi connectivity index (χ1) is 12.9. The van der Waals surface area contributed by atoms with Gasteiger partial charge in [0.1, 0.15) is 11.5 Å². The zero-order valence-corrected chi connectivity index (χ0v) is 16.0. The molecule has 0 aliphatic carbocycles. The van der Waals surface area contributed by atoms with Crippen molar-refractivity contribution >= 4 is 17.6 Å². The quantitative estimate of drug-likeness (QED) is 0.715. The fraction of sp³-hybridized carbons (Fsp3) is 0.333. The maximum absolute atomic E-state index is 12.3. The number of amides is 1. The summed E-state index contributed by atoms with van der Waals surface area (Å²) in [7, 11) is 1.30. The predicted octanol–water partition coefficient (Wildman–Crippen LogP) is 3.77. The van der Waals surface area contributed by atoms with E-state index < -0.39 is 12.1 Å². The van der Waals surface area contributed by atoms with Crippen LogP contribution in [0.25, 0.3) is 0 Å². The van der Waals surface area contributed by atoms with Crippen molar-refractivity contribution in [3.8, 4) is 11.5 Å². The summed E-state index contributed by atoms with van der Waals surface area (Å²) in [6.45, 7) is 5.75. The van der Waals surface area contributed by atoms with Crippen molar-refractivity contribution in [1.29, 1.82) is 0 Å². The Morgan fingerprint density at radius 1 is 1.00 bits per heavy atom. The monoisotopic (exact) mass is 371 g/mol. The van der Waals surface area contributed by atoms with Crippen molar-refractivity contribution < 1.29 is 23.8 Å². The highest BCUT2D eigenvalue weighted by atomic mass is 16.6. The molecule has 6 heteroatoms. The minimum atomic E-state index is -0.650. The van der Waals surface area contributed by atoms with Crippen LogP contribution in [-0.4, -0.2) is 31.7 Å². The lowest BCUT2D eigenvalue weighted by molar-refractivity contribution is -0.142. The van der Waals surface area contributed by atoms with Crippen LogP contribution in [-0.2, 0) is 14.3 Å². The van der Waals surface area contributed by atoms with Crippen LogP contribution >= 0.6 is 0 Å². The van der Waals surface area contributed by atoms with Crippen molar-refractivity contribution in [3.05, 3.63) is 54.1 Å². The van der Waals surface area contributed by atoms with Gasteiger partial charge in [0.05, 0.1) is 7.11 Å². The zero-order valence-electron chi connectivity index (χ0n) is 16.0. The van der Waals surface area contributed by atoms with Gasteiger partial charge in [0.25, 0.3) is 5.91 Å². The number of methoxy groups -OCH3 is 1. The summed E-state index contributed by atoms with van der Waals surface area (Å²) in [5.74, 6) is 0.842. The summed E-state index contributed by atoms with van der Waals surface area (Å²) in [4.78, 5) is 23.4. The lowest BCUT2D eigenvalue weighted by Crippen LogP contribution is -2.30. The molecule has 0 saturated carbocycles. The molecule has 0 heterocycles. The van der Waals surface area contributed by atoms with Gasteiger partial charge in [-0.05, 0) is 54.8 Å². The first-order valence-corrected chi connectivity index (χ1v) is 8.76. The van der Waals surface area contributed by atoms with Gasteiger partial charge >= 0.3 is 5.97 Å². The molecule has 1 amide bonds. The average molecular weight is 371 g/mol. The highest BCUT2D eigenvalue weighted by molar-refractivity contribution is 5.94. The molecule has 6 nitrogen and oxygen atoms in total. The molecule has 144 valence electrons. The maximum Gasteiger partial charge on any atom is 0.343 e. The smallest absolute Gasteiger partial charge is 0.343 e. The molecule has 0 aliphatic rings. The van der Waals surface area contributed by atoms with Gasteiger partial charge in [0.15, 0.2) is 12.7 Å². The van der Waals surface area contributed by atoms with Gasteiger partial charge in [-0.3, -0.25) is 4.79 Å². The summed E-state index contributed by atoms with van der Waals surface area (Å²) in [6, 6.07) is 14.4. The number of rotatable bonds is 8. The second-order valence-corrected chi connectivity index (χ2v) is 6.37. The molecule has 27 heavy (non-hydrogen) atoms. The number of hydrogen-bond donors (Lipinski definition) is 1. The Bertz CT molecular complexity index is 770. The molecule has 1 unspecified atom stereocenters. The minimum absolute atomic E-state index is 0.164. The van der Waals surface area contributed by atoms with E-state index in [0.29, 0.717) is 23.1 Å². The van der Waals surface area contributed by atoms with Gasteiger partial charge in [-0.25, -0.2) is 4.79 Å². The molecule has 1 atom stereocenters. The van der Waals surface area contributed by atoms with Crippen LogP contribution in [0, 0.1) is 0 Å². The van der Waals surface area contributed by atoms with Crippen LogP contribution in [0.15, 0.2) is 48.5 Å². The Morgan fingerprint density at radius 3 is 2.33 bits per heavy atom. The van der Waals surface area contributed by atoms with Crippen molar-refractivity contribution in [1.82, 2.24) is 0 Å². The summed E-state index contributed by atoms with van der Waals surface area (Å²) in [6.07, 6.45) is -0.650. The van der Waals surface area contributed by atoms with E-state index in [1.54, 1.807) is 31.2 Å². The van der Waals surface area contributed by atoms with E-state index >= 15 is 0 Å². The van der Waals surface area contributed by atoms with Gasteiger partial charge in [0, 0.05) is 5.69 Å². The van der Waals surface area contributed by atoms with E-state index in [9.17, 15) is 9.59 Å². The topological polar surface area (TPSA) is 73.9 Å². The lowest BCUT2D eigenvalue weighted by Gasteiger charge is -2.16. The number of carbonyl (C=O) groups excluding carboxylic acids is 2. The molecule has 0 bridgehead atoms. The van der Waals surface area contributed by atoms with Gasteiger partial charge in [-0.15, -0.1) is 0 Å². The van der Waals surface area contributed by atoms with E-state index in [1.165, 1.54) is 7.11 Å². The fourth-order valence-electron chi connectivity index (χ4n) is 2.28. The number of ether oxygens (including phenoxy) is 3. The van der Waals surface area contributed by atoms with Gasteiger partial charge in [-0.1, -0.05) is 26.0 Å². The second-order valence-electron chi connectivity index (χ2n) is 6.37. The standard InChI is InChI=1S/C21H25NO5/c1-14(2)16-6-5-7-19(12-16)27-15(3)21(24)22-17-8-10-18(11-9-17)26-13-20(23)25-4/h5-12,14-15H,13H2,1-4H3,(H,22,24). The Morgan fingerprint density at radius 2 is 1.70 bits per heavy atom. The molecule has 2 aromatic carbocycles. The molecule has 0 spiro atoms. The normalized spacial score (nSPS) is 11.6. The highest BCUT2D eigenvalue weighted by Crippen LogP contribution is 2.21. The van der Waals surface area contributed by atoms with Crippen molar-refractivity contribution in [3.63, 3.8) is 0 Å². The molecular weight excluding hydrogens is 346 g/mol. The number of hydrogen-bond acceptors (Lipinski definition) is 5. The highest BCUT2D eigenvalue weighted by Gasteiger charge is 2.15. The number of benzene rings is 2. The molecule has 0 aromatic heterocycles. The predicted molar refractivity (Wildman–Crippen MR) is 103 cm³/mol. The molecule has 1 N–H and O–H groups in total. The fourth-order valence-corrected chi connectivity index (χ4v) is 2.28. The number of esters is 1. The largest absolute Gasteiger partial charge is 0.482 e. The third-order valence-electron chi connectivity index (χ3n) is 3.91. The number of anilines is 1. The Kier molecular flexibility index (Phi) is 7.23. The Balaban J connectivity index is 1.90. The van der Waals surface area contributed by atoms with Crippen molar-refractivity contribution in [2.24, 2.45) is 0 Å². The first kappa shape index (κ1) is 20.3. The van der Waals surface area contributed by atoms with E-state index in [-0.39, 0.29) is 12.5 Å². The summed E-state index contributed by atoms with van der Waals surface area (Å²) in [5, 5.41) is 2.79. The van der Waals surface area contributed by atoms with Crippen LogP contribution < -0.4 is 14.8 Å². The van der Waals surface area contributed by atoms with E-state index in [0.717, 1.165) is 5.56 Å². The number of carbonyl (C=O) groups is 2. The van der Waals surface area contributed by atoms with Gasteiger partial charge in [0.2, 0.25) is 0 Å². The molecule has 0 fully saturated rings. The third-order valence-corrected chi connectivity index (χ3v) is 3.91. The molecular formula is C21H25NO5. The van der Waals surface area contributed by atoms with Gasteiger partial charge in [-0.2, -0.15) is 0 Å². The Hall–Kier alpha value is -3.02. The number of nitrogens with one attached hydrogen (secondary N) is 1. The van der Waals surface area contributed by atoms with Crippen LogP contribution in [0.5, 0.6) is 11.5 Å². The van der Waals surface area contributed by atoms with Crippen LogP contribution in [0.1, 0.15) is 32.3 Å². The molecule has 2 aromatic rings. The second kappa shape index (κ2) is 9.62. The van der Waals surface area contributed by atoms with Crippen LogP contribution in [0.4, 0.5) is 5.69 Å². The average Bonchev–Trinajstić information content (AvgIpc) is 2.67. The third kappa shape index (κ3) is 6.33. The van der Waals surface area contributed by atoms with Crippen LogP contribution in [0.3, 0.4) is 0 Å². The van der Waals surface area contributed by atoms with Gasteiger partial charge < -0.3 is 19.5 Å². The van der Waals surface area contributed by atoms with Crippen molar-refractivity contribution in [2.45, 2.75) is 32.8 Å². The van der Waals surface area contributed by atoms with Crippen molar-refractivity contribution in [2.75, 3.05) is 19.0 Å². The maximum atomic E-state index is 12.3. The minimum Gasteiger partial charge on any atom is -0.482 e. The summed E-state index contributed by atoms with van der Waals surface area (Å²) < 4.78 is 15.5. The summed E-state index contributed by atoms with van der Waals surface area (Å²) >= 11 is 0. The van der Waals surface area contributed by atoms with E-state index in [4.69, 9.17) is 9.47 Å². The van der Waals surface area contributed by atoms with E-state index in [1.807, 2.05) is 24.3 Å². The summed E-state index contributed by atoms with van der Waals surface area (Å²) in [5.41, 5.74) is 1.76. The lowest BCUT2D eigenvalue weighted by atomic mass is 10.0. The SMILES string of the molecule is COC(=O)COc1ccc(NC(=O)C(C)Oc2cccc(C(C)C)c2)cc1. The molecule has 2 rings (SSSR count). The molecule has 0 radical (unpaired) electrons. The first-order valence-electron chi connectivity index (χ1n) is 8.76. The molecule has 0 aliphatic heterocycles. The Labute approximate surface area is 159 Å². The zero-order chi connectivity index (χ0) is 19.8. The van der Waals surface area contributed by atoms with Crippen LogP contribution in [0.2, 0.25) is 0 Å². The molecule has 0 saturated heterocycles.